The van der Waals surface area contributed by atoms with E-state index in [1.165, 1.54) is 0 Å². The minimum absolute atomic E-state index is 0.564. The minimum Gasteiger partial charge on any atom is -0.354 e. The Kier molecular flexibility index (Phi) is 4.14. The number of halogens is 1. The first-order valence-electron chi connectivity index (χ1n) is 6.81. The second-order valence-corrected chi connectivity index (χ2v) is 5.29. The van der Waals surface area contributed by atoms with Gasteiger partial charge in [-0.15, -0.1) is 0 Å². The molecule has 0 bridgehead atoms. The number of aromatic nitrogens is 2. The van der Waals surface area contributed by atoms with E-state index in [4.69, 9.17) is 11.6 Å². The molecule has 4 nitrogen and oxygen atoms in total. The van der Waals surface area contributed by atoms with Crippen LogP contribution in [-0.4, -0.2) is 41.0 Å². The van der Waals surface area contributed by atoms with Gasteiger partial charge in [-0.05, 0) is 24.3 Å². The Labute approximate surface area is 124 Å². The maximum absolute atomic E-state index is 5.92. The van der Waals surface area contributed by atoms with Crippen LogP contribution in [0, 0.1) is 0 Å². The van der Waals surface area contributed by atoms with Gasteiger partial charge in [-0.1, -0.05) is 23.7 Å². The van der Waals surface area contributed by atoms with Crippen LogP contribution in [-0.2, 0) is 6.54 Å². The topological polar surface area (TPSA) is 32.3 Å². The monoisotopic (exact) mass is 288 g/mol. The molecule has 20 heavy (non-hydrogen) atoms. The zero-order valence-corrected chi connectivity index (χ0v) is 12.0. The fourth-order valence-electron chi connectivity index (χ4n) is 2.44. The van der Waals surface area contributed by atoms with Crippen molar-refractivity contribution < 1.29 is 0 Å². The number of rotatable bonds is 3. The van der Waals surface area contributed by atoms with E-state index >= 15 is 0 Å². The molecule has 0 unspecified atom stereocenters. The molecule has 5 heteroatoms. The van der Waals surface area contributed by atoms with Crippen molar-refractivity contribution in [3.8, 4) is 0 Å². The fourth-order valence-corrected chi connectivity index (χ4v) is 2.62. The molecule has 3 heterocycles. The number of anilines is 1. The Morgan fingerprint density at radius 3 is 2.55 bits per heavy atom. The van der Waals surface area contributed by atoms with E-state index in [1.54, 1.807) is 0 Å². The summed E-state index contributed by atoms with van der Waals surface area (Å²) in [5.41, 5.74) is 1.03. The zero-order chi connectivity index (χ0) is 13.8. The minimum atomic E-state index is 0.564. The van der Waals surface area contributed by atoms with Crippen molar-refractivity contribution >= 4 is 17.4 Å². The molecule has 0 spiro atoms. The fraction of sp³-hybridized carbons (Fsp3) is 0.333. The first-order chi connectivity index (χ1) is 9.81. The summed E-state index contributed by atoms with van der Waals surface area (Å²) in [5, 5.41) is 0.564. The van der Waals surface area contributed by atoms with Gasteiger partial charge in [0.05, 0.1) is 5.69 Å². The number of pyridine rings is 2. The predicted molar refractivity (Wildman–Crippen MR) is 81.0 cm³/mol. The molecule has 2 aromatic heterocycles. The van der Waals surface area contributed by atoms with Crippen molar-refractivity contribution in [3.63, 3.8) is 0 Å². The summed E-state index contributed by atoms with van der Waals surface area (Å²) in [4.78, 5) is 13.5. The van der Waals surface area contributed by atoms with Gasteiger partial charge in [0.1, 0.15) is 11.0 Å². The highest BCUT2D eigenvalue weighted by atomic mass is 35.5. The van der Waals surface area contributed by atoms with Crippen molar-refractivity contribution in [1.29, 1.82) is 0 Å². The molecule has 104 valence electrons. The highest BCUT2D eigenvalue weighted by Crippen LogP contribution is 2.14. The average molecular weight is 289 g/mol. The first kappa shape index (κ1) is 13.3. The third-order valence-corrected chi connectivity index (χ3v) is 3.71. The van der Waals surface area contributed by atoms with Crippen molar-refractivity contribution in [3.05, 3.63) is 53.4 Å². The lowest BCUT2D eigenvalue weighted by Gasteiger charge is -2.35. The van der Waals surface area contributed by atoms with Gasteiger partial charge in [-0.2, -0.15) is 0 Å². The first-order valence-corrected chi connectivity index (χ1v) is 7.19. The number of hydrogen-bond donors (Lipinski definition) is 0. The molecule has 3 rings (SSSR count). The van der Waals surface area contributed by atoms with E-state index in [-0.39, 0.29) is 0 Å². The molecule has 1 aliphatic heterocycles. The predicted octanol–water partition coefficient (Wildman–Crippen LogP) is 2.45. The molecule has 2 aromatic rings. The van der Waals surface area contributed by atoms with Gasteiger partial charge in [-0.3, -0.25) is 4.90 Å². The van der Waals surface area contributed by atoms with Gasteiger partial charge in [0.25, 0.3) is 0 Å². The maximum Gasteiger partial charge on any atom is 0.129 e. The maximum atomic E-state index is 5.92. The number of hydrogen-bond acceptors (Lipinski definition) is 4. The van der Waals surface area contributed by atoms with E-state index in [0.29, 0.717) is 5.15 Å². The van der Waals surface area contributed by atoms with Gasteiger partial charge in [0.15, 0.2) is 0 Å². The zero-order valence-electron chi connectivity index (χ0n) is 11.2. The molecule has 1 fully saturated rings. The van der Waals surface area contributed by atoms with E-state index in [2.05, 4.69) is 25.8 Å². The SMILES string of the molecule is Clc1cccc(CN2CCN(c3ccccn3)CC2)n1. The lowest BCUT2D eigenvalue weighted by Crippen LogP contribution is -2.46. The summed E-state index contributed by atoms with van der Waals surface area (Å²) in [6, 6.07) is 11.8. The van der Waals surface area contributed by atoms with Crippen molar-refractivity contribution in [2.75, 3.05) is 31.1 Å². The van der Waals surface area contributed by atoms with Crippen molar-refractivity contribution in [1.82, 2.24) is 14.9 Å². The van der Waals surface area contributed by atoms with Crippen LogP contribution < -0.4 is 4.90 Å². The van der Waals surface area contributed by atoms with Crippen LogP contribution in [0.3, 0.4) is 0 Å². The second kappa shape index (κ2) is 6.20. The molecule has 0 radical (unpaired) electrons. The van der Waals surface area contributed by atoms with Crippen LogP contribution >= 0.6 is 11.6 Å². The van der Waals surface area contributed by atoms with Gasteiger partial charge < -0.3 is 4.90 Å². The highest BCUT2D eigenvalue weighted by Gasteiger charge is 2.18. The van der Waals surface area contributed by atoms with Crippen molar-refractivity contribution in [2.24, 2.45) is 0 Å². The largest absolute Gasteiger partial charge is 0.354 e. The molecular weight excluding hydrogens is 272 g/mol. The Bertz CT molecular complexity index is 553. The summed E-state index contributed by atoms with van der Waals surface area (Å²) in [6.07, 6.45) is 1.84. The van der Waals surface area contributed by atoms with Crippen LogP contribution in [0.4, 0.5) is 5.82 Å². The van der Waals surface area contributed by atoms with E-state index < -0.39 is 0 Å². The summed E-state index contributed by atoms with van der Waals surface area (Å²) in [7, 11) is 0. The lowest BCUT2D eigenvalue weighted by atomic mass is 10.2. The molecule has 0 N–H and O–H groups in total. The smallest absolute Gasteiger partial charge is 0.129 e. The van der Waals surface area contributed by atoms with Crippen LogP contribution in [0.15, 0.2) is 42.6 Å². The van der Waals surface area contributed by atoms with Crippen LogP contribution in [0.1, 0.15) is 5.69 Å². The van der Waals surface area contributed by atoms with Gasteiger partial charge >= 0.3 is 0 Å². The van der Waals surface area contributed by atoms with Gasteiger partial charge in [0.2, 0.25) is 0 Å². The van der Waals surface area contributed by atoms with Gasteiger partial charge in [0, 0.05) is 38.9 Å². The van der Waals surface area contributed by atoms with Crippen LogP contribution in [0.2, 0.25) is 5.15 Å². The molecule has 0 aromatic carbocycles. The third-order valence-electron chi connectivity index (χ3n) is 3.50. The standard InChI is InChI=1S/C15H17ClN4/c16-14-5-3-4-13(18-14)12-19-8-10-20(11-9-19)15-6-1-2-7-17-15/h1-7H,8-12H2. The molecule has 0 aliphatic carbocycles. The summed E-state index contributed by atoms with van der Waals surface area (Å²) < 4.78 is 0. The summed E-state index contributed by atoms with van der Waals surface area (Å²) in [6.45, 7) is 4.89. The highest BCUT2D eigenvalue weighted by molar-refractivity contribution is 6.29. The Morgan fingerprint density at radius 1 is 1.00 bits per heavy atom. The Balaban J connectivity index is 1.56. The van der Waals surface area contributed by atoms with E-state index in [0.717, 1.165) is 44.2 Å². The molecule has 0 amide bonds. The quantitative estimate of drug-likeness (QED) is 0.812. The summed E-state index contributed by atoms with van der Waals surface area (Å²) >= 11 is 5.92. The van der Waals surface area contributed by atoms with Crippen LogP contribution in [0.5, 0.6) is 0 Å². The third kappa shape index (κ3) is 3.26. The van der Waals surface area contributed by atoms with E-state index in [9.17, 15) is 0 Å². The van der Waals surface area contributed by atoms with E-state index in [1.807, 2.05) is 36.5 Å². The molecular formula is C15H17ClN4. The average Bonchev–Trinajstić information content (AvgIpc) is 2.49. The van der Waals surface area contributed by atoms with Crippen molar-refractivity contribution in [2.45, 2.75) is 6.54 Å². The molecule has 0 atom stereocenters. The Hall–Kier alpha value is -1.65. The molecule has 1 saturated heterocycles. The lowest BCUT2D eigenvalue weighted by molar-refractivity contribution is 0.246. The number of piperazine rings is 1. The molecule has 1 aliphatic rings. The number of nitrogens with zero attached hydrogens (tertiary/aromatic N) is 4. The van der Waals surface area contributed by atoms with Crippen LogP contribution in [0.25, 0.3) is 0 Å². The Morgan fingerprint density at radius 2 is 1.85 bits per heavy atom. The normalized spacial score (nSPS) is 16.4. The second-order valence-electron chi connectivity index (χ2n) is 4.90. The molecule has 0 saturated carbocycles. The summed E-state index contributed by atoms with van der Waals surface area (Å²) in [5.74, 6) is 1.06. The van der Waals surface area contributed by atoms with Gasteiger partial charge in [-0.25, -0.2) is 9.97 Å².